The van der Waals surface area contributed by atoms with Crippen molar-refractivity contribution < 1.29 is 0 Å². The minimum absolute atomic E-state index is 0.690. The molecule has 9 aromatic rings. The molecule has 0 atom stereocenters. The molecule has 9 aromatic carbocycles. The molecular formula is C54H39BrN2. The fraction of sp³-hybridized carbons (Fsp3) is 0. The van der Waals surface area contributed by atoms with Gasteiger partial charge < -0.3 is 11.1 Å². The molecule has 0 aromatic heterocycles. The van der Waals surface area contributed by atoms with Crippen molar-refractivity contribution in [2.45, 2.75) is 0 Å². The molecule has 0 aliphatic heterocycles. The molecule has 3 N–H and O–H groups in total. The Labute approximate surface area is 343 Å². The van der Waals surface area contributed by atoms with Crippen LogP contribution in [0.25, 0.3) is 77.9 Å². The van der Waals surface area contributed by atoms with Crippen LogP contribution in [0.4, 0.5) is 17.1 Å². The van der Waals surface area contributed by atoms with E-state index in [1.54, 1.807) is 0 Å². The number of benzene rings is 9. The Morgan fingerprint density at radius 2 is 0.544 bits per heavy atom. The number of nitrogen functional groups attached to an aromatic ring is 1. The largest absolute Gasteiger partial charge is 0.398 e. The molecule has 0 radical (unpaired) electrons. The van der Waals surface area contributed by atoms with Gasteiger partial charge in [0, 0.05) is 26.9 Å². The standard InChI is InChI=1S/C54H39BrN2/c55-52-49(45-27-21-41(22-28-45)37-13-5-1-6-14-37)53(56)51(47-31-25-43(26-32-47)39-17-9-3-10-18-39)54(57-48-35-33-44(34-36-48)40-19-11-4-12-20-40)50(52)46-29-23-42(24-30-46)38-15-7-2-8-16-38/h1-36,57H,56H2. The maximum absolute atomic E-state index is 7.48. The first-order valence-electron chi connectivity index (χ1n) is 19.2. The van der Waals surface area contributed by atoms with Gasteiger partial charge in [-0.1, -0.05) is 206 Å². The second kappa shape index (κ2) is 16.0. The number of nitrogens with two attached hydrogens (primary N) is 1. The van der Waals surface area contributed by atoms with E-state index in [0.717, 1.165) is 71.5 Å². The lowest BCUT2D eigenvalue weighted by Crippen LogP contribution is -2.04. The number of anilines is 3. The first kappa shape index (κ1) is 35.7. The van der Waals surface area contributed by atoms with Gasteiger partial charge in [-0.25, -0.2) is 0 Å². The number of hydrogen-bond donors (Lipinski definition) is 2. The topological polar surface area (TPSA) is 38.0 Å². The van der Waals surface area contributed by atoms with Gasteiger partial charge in [0.1, 0.15) is 0 Å². The van der Waals surface area contributed by atoms with E-state index < -0.39 is 0 Å². The van der Waals surface area contributed by atoms with Crippen molar-refractivity contribution in [3.63, 3.8) is 0 Å². The van der Waals surface area contributed by atoms with Crippen molar-refractivity contribution in [3.8, 4) is 77.9 Å². The highest BCUT2D eigenvalue weighted by Crippen LogP contribution is 2.53. The zero-order chi connectivity index (χ0) is 38.6. The van der Waals surface area contributed by atoms with Gasteiger partial charge >= 0.3 is 0 Å². The summed E-state index contributed by atoms with van der Waals surface area (Å²) in [5.74, 6) is 0. The third kappa shape index (κ3) is 7.41. The Kier molecular flexibility index (Phi) is 10.1. The summed E-state index contributed by atoms with van der Waals surface area (Å²) in [6, 6.07) is 76.9. The van der Waals surface area contributed by atoms with Crippen molar-refractivity contribution in [2.24, 2.45) is 0 Å². The van der Waals surface area contributed by atoms with Crippen LogP contribution in [0.1, 0.15) is 0 Å². The van der Waals surface area contributed by atoms with Crippen LogP contribution in [0.15, 0.2) is 223 Å². The second-order valence-electron chi connectivity index (χ2n) is 14.1. The first-order valence-corrected chi connectivity index (χ1v) is 19.9. The van der Waals surface area contributed by atoms with Crippen molar-refractivity contribution in [1.82, 2.24) is 0 Å². The summed E-state index contributed by atoms with van der Waals surface area (Å²) in [4.78, 5) is 0. The van der Waals surface area contributed by atoms with E-state index in [1.165, 1.54) is 22.3 Å². The van der Waals surface area contributed by atoms with Gasteiger partial charge in [-0.2, -0.15) is 0 Å². The quantitative estimate of drug-likeness (QED) is 0.143. The SMILES string of the molecule is Nc1c(-c2ccc(-c3ccccc3)cc2)c(Br)c(-c2ccc(-c3ccccc3)cc2)c(Nc2ccc(-c3ccccc3)cc2)c1-c1ccc(-c2ccccc2)cc1. The molecule has 2 nitrogen and oxygen atoms in total. The molecule has 0 aliphatic rings. The monoisotopic (exact) mass is 794 g/mol. The molecule has 3 heteroatoms. The fourth-order valence-electron chi connectivity index (χ4n) is 7.62. The summed E-state index contributed by atoms with van der Waals surface area (Å²) >= 11 is 4.17. The summed E-state index contributed by atoms with van der Waals surface area (Å²) in [7, 11) is 0. The minimum atomic E-state index is 0.690. The van der Waals surface area contributed by atoms with E-state index in [1.807, 2.05) is 18.2 Å². The van der Waals surface area contributed by atoms with E-state index in [0.29, 0.717) is 5.69 Å². The van der Waals surface area contributed by atoms with Gasteiger partial charge in [-0.05, 0) is 89.3 Å². The van der Waals surface area contributed by atoms with Crippen LogP contribution in [0.3, 0.4) is 0 Å². The molecule has 272 valence electrons. The fourth-order valence-corrected chi connectivity index (χ4v) is 8.49. The summed E-state index contributed by atoms with van der Waals surface area (Å²) < 4.78 is 0.924. The predicted molar refractivity (Wildman–Crippen MR) is 246 cm³/mol. The lowest BCUT2D eigenvalue weighted by Gasteiger charge is -2.25. The lowest BCUT2D eigenvalue weighted by molar-refractivity contribution is 1.48. The molecule has 0 fully saturated rings. The van der Waals surface area contributed by atoms with Gasteiger partial charge in [0.05, 0.1) is 11.4 Å². The summed E-state index contributed by atoms with van der Waals surface area (Å²) in [6.07, 6.45) is 0. The zero-order valence-corrected chi connectivity index (χ0v) is 32.8. The molecule has 0 bridgehead atoms. The van der Waals surface area contributed by atoms with E-state index in [9.17, 15) is 0 Å². The Hall–Kier alpha value is -6.94. The number of hydrogen-bond acceptors (Lipinski definition) is 2. The van der Waals surface area contributed by atoms with Crippen molar-refractivity contribution in [3.05, 3.63) is 223 Å². The Bertz CT molecular complexity index is 2640. The number of halogens is 1. The number of nitrogens with one attached hydrogen (secondary N) is 1. The van der Waals surface area contributed by atoms with E-state index in [4.69, 9.17) is 5.73 Å². The van der Waals surface area contributed by atoms with Crippen molar-refractivity contribution in [2.75, 3.05) is 11.1 Å². The van der Waals surface area contributed by atoms with Crippen LogP contribution in [0.2, 0.25) is 0 Å². The summed E-state index contributed by atoms with van der Waals surface area (Å²) in [6.45, 7) is 0. The highest BCUT2D eigenvalue weighted by Gasteiger charge is 2.25. The first-order chi connectivity index (χ1) is 28.1. The third-order valence-corrected chi connectivity index (χ3v) is 11.4. The van der Waals surface area contributed by atoms with Gasteiger partial charge in [0.2, 0.25) is 0 Å². The van der Waals surface area contributed by atoms with Crippen molar-refractivity contribution >= 4 is 33.0 Å². The molecule has 0 amide bonds. The highest BCUT2D eigenvalue weighted by atomic mass is 79.9. The molecule has 0 saturated carbocycles. The second-order valence-corrected chi connectivity index (χ2v) is 14.9. The molecule has 0 unspecified atom stereocenters. The minimum Gasteiger partial charge on any atom is -0.398 e. The molecule has 0 aliphatic carbocycles. The molecule has 0 heterocycles. The van der Waals surface area contributed by atoms with Crippen LogP contribution in [0, 0.1) is 0 Å². The normalized spacial score (nSPS) is 11.0. The van der Waals surface area contributed by atoms with Crippen LogP contribution in [-0.4, -0.2) is 0 Å². The van der Waals surface area contributed by atoms with Gasteiger partial charge in [0.25, 0.3) is 0 Å². The highest BCUT2D eigenvalue weighted by molar-refractivity contribution is 9.10. The third-order valence-electron chi connectivity index (χ3n) is 10.6. The van der Waals surface area contributed by atoms with Crippen LogP contribution in [0.5, 0.6) is 0 Å². The smallest absolute Gasteiger partial charge is 0.0576 e. The van der Waals surface area contributed by atoms with Gasteiger partial charge in [-0.3, -0.25) is 0 Å². The van der Waals surface area contributed by atoms with Crippen LogP contribution >= 0.6 is 15.9 Å². The maximum Gasteiger partial charge on any atom is 0.0576 e. The Balaban J connectivity index is 1.25. The average molecular weight is 796 g/mol. The van der Waals surface area contributed by atoms with Crippen LogP contribution in [-0.2, 0) is 0 Å². The van der Waals surface area contributed by atoms with E-state index >= 15 is 0 Å². The molecule has 57 heavy (non-hydrogen) atoms. The molecule has 9 rings (SSSR count). The average Bonchev–Trinajstić information content (AvgIpc) is 3.28. The zero-order valence-electron chi connectivity index (χ0n) is 31.2. The van der Waals surface area contributed by atoms with Crippen molar-refractivity contribution in [1.29, 1.82) is 0 Å². The maximum atomic E-state index is 7.48. The lowest BCUT2D eigenvalue weighted by atomic mass is 9.87. The predicted octanol–water partition coefficient (Wildman–Crippen LogP) is 15.4. The molecule has 0 saturated heterocycles. The Morgan fingerprint density at radius 1 is 0.281 bits per heavy atom. The van der Waals surface area contributed by atoms with Gasteiger partial charge in [0.15, 0.2) is 0 Å². The summed E-state index contributed by atoms with van der Waals surface area (Å²) in [5, 5.41) is 3.89. The number of rotatable bonds is 9. The van der Waals surface area contributed by atoms with Gasteiger partial charge in [-0.15, -0.1) is 0 Å². The Morgan fingerprint density at radius 3 is 0.895 bits per heavy atom. The molecule has 0 spiro atoms. The summed E-state index contributed by atoms with van der Waals surface area (Å²) in [5.41, 5.74) is 25.4. The molecular weight excluding hydrogens is 757 g/mol. The van der Waals surface area contributed by atoms with E-state index in [2.05, 4.69) is 221 Å². The van der Waals surface area contributed by atoms with E-state index in [-0.39, 0.29) is 0 Å². The van der Waals surface area contributed by atoms with Crippen LogP contribution < -0.4 is 11.1 Å².